The van der Waals surface area contributed by atoms with Gasteiger partial charge in [-0.25, -0.2) is 4.79 Å². The number of alkyl halides is 3. The molecule has 1 heterocycles. The number of carbonyl (C=O) groups is 1. The van der Waals surface area contributed by atoms with Gasteiger partial charge in [0.25, 0.3) is 0 Å². The Kier molecular flexibility index (Phi) is 5.13. The van der Waals surface area contributed by atoms with Crippen LogP contribution in [-0.4, -0.2) is 41.4 Å². The van der Waals surface area contributed by atoms with Crippen LogP contribution in [-0.2, 0) is 11.3 Å². The predicted molar refractivity (Wildman–Crippen MR) is 84.5 cm³/mol. The van der Waals surface area contributed by atoms with Crippen molar-refractivity contribution in [3.8, 4) is 0 Å². The number of nitrogens with zero attached hydrogens (tertiary/aromatic N) is 1. The fourth-order valence-corrected chi connectivity index (χ4v) is 2.77. The molecule has 0 aliphatic carbocycles. The summed E-state index contributed by atoms with van der Waals surface area (Å²) in [6, 6.07) is 9.30. The molecule has 0 aromatic heterocycles. The minimum Gasteiger partial charge on any atom is -0.444 e. The first-order valence-electron chi connectivity index (χ1n) is 7.85. The van der Waals surface area contributed by atoms with Crippen LogP contribution in [0.25, 0.3) is 0 Å². The van der Waals surface area contributed by atoms with Crippen LogP contribution in [0.4, 0.5) is 18.0 Å². The van der Waals surface area contributed by atoms with Gasteiger partial charge in [-0.05, 0) is 32.8 Å². The molecule has 1 amide bonds. The van der Waals surface area contributed by atoms with Crippen molar-refractivity contribution in [2.75, 3.05) is 13.1 Å². The van der Waals surface area contributed by atoms with E-state index in [9.17, 15) is 18.0 Å². The second-order valence-corrected chi connectivity index (χ2v) is 7.15. The van der Waals surface area contributed by atoms with Crippen LogP contribution in [0.5, 0.6) is 0 Å². The molecule has 1 aromatic rings. The molecular weight excluding hydrogens is 321 g/mol. The number of amides is 1. The molecule has 2 rings (SSSR count). The van der Waals surface area contributed by atoms with E-state index in [2.05, 4.69) is 5.32 Å². The average molecular weight is 344 g/mol. The molecule has 1 aliphatic rings. The lowest BCUT2D eigenvalue weighted by molar-refractivity contribution is -0.191. The Morgan fingerprint density at radius 1 is 1.25 bits per heavy atom. The van der Waals surface area contributed by atoms with Crippen molar-refractivity contribution >= 4 is 6.09 Å². The van der Waals surface area contributed by atoms with E-state index >= 15 is 0 Å². The fourth-order valence-electron chi connectivity index (χ4n) is 2.77. The maximum absolute atomic E-state index is 13.6. The Morgan fingerprint density at radius 2 is 1.88 bits per heavy atom. The van der Waals surface area contributed by atoms with Gasteiger partial charge in [0.15, 0.2) is 5.54 Å². The van der Waals surface area contributed by atoms with Crippen LogP contribution in [0.1, 0.15) is 32.8 Å². The highest BCUT2D eigenvalue weighted by Gasteiger charge is 2.59. The van der Waals surface area contributed by atoms with Crippen LogP contribution < -0.4 is 5.32 Å². The smallest absolute Gasteiger partial charge is 0.412 e. The lowest BCUT2D eigenvalue weighted by atomic mass is 9.98. The van der Waals surface area contributed by atoms with Gasteiger partial charge in [-0.1, -0.05) is 30.3 Å². The Labute approximate surface area is 140 Å². The van der Waals surface area contributed by atoms with Crippen molar-refractivity contribution in [1.29, 1.82) is 0 Å². The monoisotopic (exact) mass is 344 g/mol. The quantitative estimate of drug-likeness (QED) is 0.909. The number of ether oxygens (including phenoxy) is 1. The van der Waals surface area contributed by atoms with E-state index in [0.29, 0.717) is 6.54 Å². The highest BCUT2D eigenvalue weighted by Crippen LogP contribution is 2.38. The van der Waals surface area contributed by atoms with E-state index in [-0.39, 0.29) is 19.5 Å². The van der Waals surface area contributed by atoms with Crippen molar-refractivity contribution in [3.63, 3.8) is 0 Å². The highest BCUT2D eigenvalue weighted by molar-refractivity contribution is 5.69. The zero-order valence-corrected chi connectivity index (χ0v) is 14.1. The summed E-state index contributed by atoms with van der Waals surface area (Å²) >= 11 is 0. The first kappa shape index (κ1) is 18.6. The van der Waals surface area contributed by atoms with Crippen molar-refractivity contribution in [2.45, 2.75) is 51.1 Å². The lowest BCUT2D eigenvalue weighted by Crippen LogP contribution is -2.61. The highest BCUT2D eigenvalue weighted by atomic mass is 19.4. The Bertz CT molecular complexity index is 569. The maximum Gasteiger partial charge on any atom is 0.412 e. The molecule has 0 radical (unpaired) electrons. The van der Waals surface area contributed by atoms with Gasteiger partial charge in [0.2, 0.25) is 0 Å². The van der Waals surface area contributed by atoms with Gasteiger partial charge in [-0.2, -0.15) is 13.2 Å². The summed E-state index contributed by atoms with van der Waals surface area (Å²) in [5.41, 5.74) is -2.18. The minimum atomic E-state index is -4.55. The third-order valence-electron chi connectivity index (χ3n) is 3.88. The lowest BCUT2D eigenvalue weighted by Gasteiger charge is -2.33. The molecule has 1 aliphatic heterocycles. The molecule has 1 atom stereocenters. The first-order valence-corrected chi connectivity index (χ1v) is 7.85. The van der Waals surface area contributed by atoms with Crippen molar-refractivity contribution < 1.29 is 22.7 Å². The summed E-state index contributed by atoms with van der Waals surface area (Å²) in [4.78, 5) is 13.6. The van der Waals surface area contributed by atoms with Gasteiger partial charge in [0.05, 0.1) is 0 Å². The van der Waals surface area contributed by atoms with E-state index in [1.54, 1.807) is 25.7 Å². The summed E-state index contributed by atoms with van der Waals surface area (Å²) in [7, 11) is 0. The minimum absolute atomic E-state index is 0.192. The zero-order valence-electron chi connectivity index (χ0n) is 14.1. The van der Waals surface area contributed by atoms with Gasteiger partial charge in [0.1, 0.15) is 5.60 Å². The van der Waals surface area contributed by atoms with Gasteiger partial charge >= 0.3 is 12.3 Å². The molecule has 24 heavy (non-hydrogen) atoms. The van der Waals surface area contributed by atoms with E-state index in [0.717, 1.165) is 5.56 Å². The molecule has 134 valence electrons. The van der Waals surface area contributed by atoms with Crippen molar-refractivity contribution in [1.82, 2.24) is 10.2 Å². The normalized spacial score (nSPS) is 22.4. The zero-order chi connectivity index (χ0) is 18.0. The van der Waals surface area contributed by atoms with Gasteiger partial charge in [-0.3, -0.25) is 4.90 Å². The Morgan fingerprint density at radius 3 is 2.42 bits per heavy atom. The SMILES string of the molecule is CC(C)(C)OC(=O)NC1(C(F)(F)F)CCN(Cc2ccccc2)C1. The van der Waals surface area contributed by atoms with E-state index in [1.165, 1.54) is 0 Å². The Hall–Kier alpha value is -1.76. The fraction of sp³-hybridized carbons (Fsp3) is 0.588. The topological polar surface area (TPSA) is 41.6 Å². The standard InChI is InChI=1S/C17H23F3N2O2/c1-15(2,3)24-14(23)21-16(17(18,19)20)9-10-22(12-16)11-13-7-5-4-6-8-13/h4-8H,9-12H2,1-3H3,(H,21,23). The number of carbonyl (C=O) groups excluding carboxylic acids is 1. The number of alkyl carbamates (subject to hydrolysis) is 1. The van der Waals surface area contributed by atoms with Crippen LogP contribution in [0.2, 0.25) is 0 Å². The molecule has 1 aromatic carbocycles. The summed E-state index contributed by atoms with van der Waals surface area (Å²) < 4.78 is 45.9. The van der Waals surface area contributed by atoms with Gasteiger partial charge in [-0.15, -0.1) is 0 Å². The second-order valence-electron chi connectivity index (χ2n) is 7.15. The third-order valence-corrected chi connectivity index (χ3v) is 3.88. The molecular formula is C17H23F3N2O2. The predicted octanol–water partition coefficient (Wildman–Crippen LogP) is 3.72. The van der Waals surface area contributed by atoms with E-state index < -0.39 is 23.4 Å². The molecule has 7 heteroatoms. The summed E-state index contributed by atoms with van der Waals surface area (Å²) in [5, 5.41) is 2.08. The van der Waals surface area contributed by atoms with Gasteiger partial charge in [0, 0.05) is 19.6 Å². The molecule has 1 fully saturated rings. The Balaban J connectivity index is 2.09. The number of likely N-dealkylation sites (tertiary alicyclic amines) is 1. The molecule has 1 N–H and O–H groups in total. The molecule has 1 unspecified atom stereocenters. The van der Waals surface area contributed by atoms with E-state index in [1.807, 2.05) is 30.3 Å². The largest absolute Gasteiger partial charge is 0.444 e. The number of halogens is 3. The first-order chi connectivity index (χ1) is 11.0. The number of nitrogens with one attached hydrogen (secondary N) is 1. The molecule has 4 nitrogen and oxygen atoms in total. The van der Waals surface area contributed by atoms with Crippen molar-refractivity contribution in [3.05, 3.63) is 35.9 Å². The second kappa shape index (κ2) is 6.63. The summed E-state index contributed by atoms with van der Waals surface area (Å²) in [6.07, 6.45) is -5.78. The number of benzene rings is 1. The molecule has 0 spiro atoms. The number of hydrogen-bond acceptors (Lipinski definition) is 3. The third kappa shape index (κ3) is 4.63. The molecule has 0 bridgehead atoms. The van der Waals surface area contributed by atoms with Gasteiger partial charge < -0.3 is 10.1 Å². The number of rotatable bonds is 3. The van der Waals surface area contributed by atoms with Crippen LogP contribution in [0.3, 0.4) is 0 Å². The summed E-state index contributed by atoms with van der Waals surface area (Å²) in [5.74, 6) is 0. The van der Waals surface area contributed by atoms with Crippen LogP contribution in [0.15, 0.2) is 30.3 Å². The summed E-state index contributed by atoms with van der Waals surface area (Å²) in [6.45, 7) is 5.22. The van der Waals surface area contributed by atoms with E-state index in [4.69, 9.17) is 4.74 Å². The van der Waals surface area contributed by atoms with Crippen LogP contribution in [0, 0.1) is 0 Å². The molecule has 0 saturated carbocycles. The van der Waals surface area contributed by atoms with Crippen molar-refractivity contribution in [2.24, 2.45) is 0 Å². The van der Waals surface area contributed by atoms with Crippen LogP contribution >= 0.6 is 0 Å². The average Bonchev–Trinajstić information content (AvgIpc) is 2.81. The molecule has 1 saturated heterocycles. The maximum atomic E-state index is 13.6. The number of hydrogen-bond donors (Lipinski definition) is 1.